The van der Waals surface area contributed by atoms with Crippen molar-refractivity contribution in [3.8, 4) is 0 Å². The maximum atomic E-state index is 12.8. The highest BCUT2D eigenvalue weighted by molar-refractivity contribution is 9.10. The first-order chi connectivity index (χ1) is 12.7. The van der Waals surface area contributed by atoms with E-state index in [4.69, 9.17) is 0 Å². The number of hydrogen-bond donors (Lipinski definition) is 1. The summed E-state index contributed by atoms with van der Waals surface area (Å²) in [6.45, 7) is 0. The highest BCUT2D eigenvalue weighted by atomic mass is 79.9. The molecule has 0 aromatic heterocycles. The minimum absolute atomic E-state index is 0.00636. The predicted molar refractivity (Wildman–Crippen MR) is 94.6 cm³/mol. The number of benzene rings is 2. The summed E-state index contributed by atoms with van der Waals surface area (Å²) in [7, 11) is 0. The van der Waals surface area contributed by atoms with Crippen LogP contribution in [0.1, 0.15) is 11.1 Å². The lowest BCUT2D eigenvalue weighted by Crippen LogP contribution is -2.54. The smallest absolute Gasteiger partial charge is 0.273 e. The van der Waals surface area contributed by atoms with Crippen LogP contribution < -0.4 is 10.2 Å². The van der Waals surface area contributed by atoms with Crippen LogP contribution in [0.4, 0.5) is 23.7 Å². The number of nitrogens with one attached hydrogen (secondary N) is 1. The van der Waals surface area contributed by atoms with Crippen molar-refractivity contribution in [2.75, 3.05) is 4.90 Å². The van der Waals surface area contributed by atoms with E-state index in [-0.39, 0.29) is 11.3 Å². The van der Waals surface area contributed by atoms with Gasteiger partial charge in [0.15, 0.2) is 0 Å². The summed E-state index contributed by atoms with van der Waals surface area (Å²) in [6, 6.07) is 9.49. The van der Waals surface area contributed by atoms with Crippen LogP contribution in [0, 0.1) is 0 Å². The van der Waals surface area contributed by atoms with E-state index < -0.39 is 35.2 Å². The van der Waals surface area contributed by atoms with Gasteiger partial charge in [-0.3, -0.25) is 14.9 Å². The number of carbonyl (C=O) groups is 3. The van der Waals surface area contributed by atoms with Crippen LogP contribution in [0.5, 0.6) is 0 Å². The molecule has 0 aliphatic carbocycles. The number of rotatable bonds is 2. The number of urea groups is 1. The van der Waals surface area contributed by atoms with Crippen molar-refractivity contribution in [3.05, 3.63) is 69.7 Å². The van der Waals surface area contributed by atoms with Gasteiger partial charge in [0.1, 0.15) is 5.57 Å². The Kier molecular flexibility index (Phi) is 4.88. The molecular weight excluding hydrogens is 429 g/mol. The summed E-state index contributed by atoms with van der Waals surface area (Å²) < 4.78 is 39.1. The van der Waals surface area contributed by atoms with Crippen molar-refractivity contribution in [1.82, 2.24) is 5.32 Å². The van der Waals surface area contributed by atoms with Gasteiger partial charge in [0.25, 0.3) is 11.8 Å². The van der Waals surface area contributed by atoms with E-state index in [0.717, 1.165) is 29.2 Å². The second kappa shape index (κ2) is 6.99. The third-order valence-corrected chi connectivity index (χ3v) is 4.19. The molecule has 1 fully saturated rings. The van der Waals surface area contributed by atoms with Gasteiger partial charge in [0.05, 0.1) is 11.3 Å². The minimum atomic E-state index is -4.56. The zero-order chi connectivity index (χ0) is 19.8. The van der Waals surface area contributed by atoms with Crippen molar-refractivity contribution in [2.24, 2.45) is 0 Å². The minimum Gasteiger partial charge on any atom is -0.273 e. The molecule has 27 heavy (non-hydrogen) atoms. The number of hydrogen-bond acceptors (Lipinski definition) is 3. The van der Waals surface area contributed by atoms with Gasteiger partial charge >= 0.3 is 12.2 Å². The summed E-state index contributed by atoms with van der Waals surface area (Å²) in [5, 5.41) is 2.01. The van der Waals surface area contributed by atoms with Crippen molar-refractivity contribution >= 4 is 45.5 Å². The number of anilines is 1. The molecule has 0 saturated carbocycles. The van der Waals surface area contributed by atoms with Gasteiger partial charge in [-0.25, -0.2) is 9.69 Å². The Morgan fingerprint density at radius 2 is 1.70 bits per heavy atom. The van der Waals surface area contributed by atoms with Crippen LogP contribution in [0.3, 0.4) is 0 Å². The Bertz CT molecular complexity index is 986. The number of imide groups is 2. The molecule has 3 rings (SSSR count). The average Bonchev–Trinajstić information content (AvgIpc) is 2.58. The quantitative estimate of drug-likeness (QED) is 0.566. The van der Waals surface area contributed by atoms with Crippen LogP contribution in [0.2, 0.25) is 0 Å². The zero-order valence-corrected chi connectivity index (χ0v) is 15.0. The molecule has 0 spiro atoms. The summed E-state index contributed by atoms with van der Waals surface area (Å²) in [5.41, 5.74) is -1.16. The number of alkyl halides is 3. The van der Waals surface area contributed by atoms with Crippen molar-refractivity contribution in [3.63, 3.8) is 0 Å². The van der Waals surface area contributed by atoms with Gasteiger partial charge in [-0.2, -0.15) is 13.2 Å². The first-order valence-corrected chi connectivity index (χ1v) is 8.30. The van der Waals surface area contributed by atoms with Crippen molar-refractivity contribution in [2.45, 2.75) is 6.18 Å². The largest absolute Gasteiger partial charge is 0.416 e. The third-order valence-electron chi connectivity index (χ3n) is 3.69. The molecule has 1 saturated heterocycles. The fourth-order valence-electron chi connectivity index (χ4n) is 2.48. The van der Waals surface area contributed by atoms with Gasteiger partial charge < -0.3 is 0 Å². The topological polar surface area (TPSA) is 66.5 Å². The molecule has 1 aliphatic heterocycles. The van der Waals surface area contributed by atoms with Crippen LogP contribution >= 0.6 is 15.9 Å². The number of nitrogens with zero attached hydrogens (tertiary/aromatic N) is 1. The summed E-state index contributed by atoms with van der Waals surface area (Å²) in [4.78, 5) is 37.6. The fourth-order valence-corrected chi connectivity index (χ4v) is 2.87. The van der Waals surface area contributed by atoms with E-state index in [0.29, 0.717) is 4.47 Å². The van der Waals surface area contributed by atoms with Crippen LogP contribution in [-0.2, 0) is 15.8 Å². The van der Waals surface area contributed by atoms with E-state index in [1.807, 2.05) is 5.32 Å². The van der Waals surface area contributed by atoms with Gasteiger partial charge in [-0.15, -0.1) is 0 Å². The number of amides is 4. The zero-order valence-electron chi connectivity index (χ0n) is 13.4. The molecule has 2 aromatic carbocycles. The number of halogens is 4. The molecule has 1 aliphatic rings. The lowest BCUT2D eigenvalue weighted by Gasteiger charge is -2.26. The lowest BCUT2D eigenvalue weighted by atomic mass is 10.0. The summed E-state index contributed by atoms with van der Waals surface area (Å²) in [6.07, 6.45) is -3.55. The molecule has 0 unspecified atom stereocenters. The van der Waals surface area contributed by atoms with E-state index in [1.54, 1.807) is 12.1 Å². The number of barbiturate groups is 1. The monoisotopic (exact) mass is 438 g/mol. The van der Waals surface area contributed by atoms with Gasteiger partial charge in [0.2, 0.25) is 0 Å². The second-order valence-electron chi connectivity index (χ2n) is 5.56. The molecule has 5 nitrogen and oxygen atoms in total. The average molecular weight is 439 g/mol. The third kappa shape index (κ3) is 3.92. The highest BCUT2D eigenvalue weighted by Crippen LogP contribution is 2.30. The highest BCUT2D eigenvalue weighted by Gasteiger charge is 2.37. The summed E-state index contributed by atoms with van der Waals surface area (Å²) >= 11 is 3.22. The standard InChI is InChI=1S/C18H10BrF3N2O3/c19-12-5-2-6-13(9-12)24-16(26)14(15(25)23-17(24)27)8-10-3-1-4-11(7-10)18(20,21)22/h1-9H,(H,23,25,27)/b14-8-. The Labute approximate surface area is 159 Å². The Balaban J connectivity index is 2.02. The Morgan fingerprint density at radius 1 is 1.00 bits per heavy atom. The van der Waals surface area contributed by atoms with E-state index in [1.165, 1.54) is 18.2 Å². The van der Waals surface area contributed by atoms with Gasteiger partial charge in [-0.1, -0.05) is 34.1 Å². The predicted octanol–water partition coefficient (Wildman–Crippen LogP) is 4.13. The Morgan fingerprint density at radius 3 is 2.37 bits per heavy atom. The van der Waals surface area contributed by atoms with E-state index >= 15 is 0 Å². The molecule has 0 bridgehead atoms. The molecule has 1 N–H and O–H groups in total. The lowest BCUT2D eigenvalue weighted by molar-refractivity contribution is -0.137. The molecule has 138 valence electrons. The van der Waals surface area contributed by atoms with Gasteiger partial charge in [-0.05, 0) is 42.0 Å². The molecule has 9 heteroatoms. The second-order valence-corrected chi connectivity index (χ2v) is 6.48. The van der Waals surface area contributed by atoms with Crippen molar-refractivity contribution in [1.29, 1.82) is 0 Å². The Hall–Kier alpha value is -2.94. The van der Waals surface area contributed by atoms with Crippen LogP contribution in [0.15, 0.2) is 58.6 Å². The summed E-state index contributed by atoms with van der Waals surface area (Å²) in [5.74, 6) is -1.91. The first kappa shape index (κ1) is 18.8. The fraction of sp³-hybridized carbons (Fsp3) is 0.0556. The van der Waals surface area contributed by atoms with E-state index in [2.05, 4.69) is 15.9 Å². The van der Waals surface area contributed by atoms with E-state index in [9.17, 15) is 27.6 Å². The van der Waals surface area contributed by atoms with Crippen LogP contribution in [0.25, 0.3) is 6.08 Å². The molecule has 0 atom stereocenters. The molecule has 0 radical (unpaired) electrons. The number of carbonyl (C=O) groups excluding carboxylic acids is 3. The van der Waals surface area contributed by atoms with Crippen LogP contribution in [-0.4, -0.2) is 17.8 Å². The first-order valence-electron chi connectivity index (χ1n) is 7.51. The molecule has 1 heterocycles. The molecular formula is C18H10BrF3N2O3. The molecule has 4 amide bonds. The van der Waals surface area contributed by atoms with Gasteiger partial charge in [0, 0.05) is 4.47 Å². The SMILES string of the molecule is O=C1NC(=O)N(c2cccc(Br)c2)C(=O)/C1=C\c1cccc(C(F)(F)F)c1. The molecule has 2 aromatic rings. The normalized spacial score (nSPS) is 16.7. The van der Waals surface area contributed by atoms with Crippen molar-refractivity contribution < 1.29 is 27.6 Å². The maximum absolute atomic E-state index is 12.8. The maximum Gasteiger partial charge on any atom is 0.416 e.